The molecule has 14 heavy (non-hydrogen) atoms. The molecule has 1 atom stereocenters. The first kappa shape index (κ1) is 13.2. The maximum Gasteiger partial charge on any atom is 0.302 e. The van der Waals surface area contributed by atoms with Crippen molar-refractivity contribution in [3.8, 4) is 0 Å². The van der Waals surface area contributed by atoms with E-state index in [1.807, 2.05) is 0 Å². The zero-order valence-electron chi connectivity index (χ0n) is 9.64. The van der Waals surface area contributed by atoms with Gasteiger partial charge in [-0.3, -0.25) is 4.79 Å². The van der Waals surface area contributed by atoms with Crippen LogP contribution in [-0.4, -0.2) is 12.6 Å². The molecule has 0 aliphatic carbocycles. The van der Waals surface area contributed by atoms with Crippen LogP contribution in [0.15, 0.2) is 12.2 Å². The number of esters is 1. The molecule has 2 heteroatoms. The summed E-state index contributed by atoms with van der Waals surface area (Å²) in [5, 5.41) is 0. The molecule has 2 nitrogen and oxygen atoms in total. The second kappa shape index (κ2) is 7.60. The van der Waals surface area contributed by atoms with E-state index in [-0.39, 0.29) is 5.97 Å². The standard InChI is InChI=1S/C12H22O2/c1-10(2)6-5-7-11(3)8-9-14-12(4)13/h11H,1,5-9H2,2-4H3/t11-/m1/s1. The van der Waals surface area contributed by atoms with Gasteiger partial charge < -0.3 is 4.74 Å². The summed E-state index contributed by atoms with van der Waals surface area (Å²) in [4.78, 5) is 10.5. The maximum absolute atomic E-state index is 10.5. The number of hydrogen-bond donors (Lipinski definition) is 0. The van der Waals surface area contributed by atoms with Crippen LogP contribution >= 0.6 is 0 Å². The Morgan fingerprint density at radius 1 is 1.36 bits per heavy atom. The summed E-state index contributed by atoms with van der Waals surface area (Å²) in [5.41, 5.74) is 1.25. The number of carbonyl (C=O) groups is 1. The smallest absolute Gasteiger partial charge is 0.302 e. The van der Waals surface area contributed by atoms with E-state index in [9.17, 15) is 4.79 Å². The largest absolute Gasteiger partial charge is 0.466 e. The molecule has 0 saturated carbocycles. The van der Waals surface area contributed by atoms with Gasteiger partial charge in [0.25, 0.3) is 0 Å². The van der Waals surface area contributed by atoms with E-state index in [1.165, 1.54) is 25.3 Å². The van der Waals surface area contributed by atoms with Gasteiger partial charge in [-0.25, -0.2) is 0 Å². The van der Waals surface area contributed by atoms with Crippen LogP contribution in [0.25, 0.3) is 0 Å². The fraction of sp³-hybridized carbons (Fsp3) is 0.750. The lowest BCUT2D eigenvalue weighted by molar-refractivity contribution is -0.141. The molecule has 0 aromatic heterocycles. The van der Waals surface area contributed by atoms with Crippen molar-refractivity contribution in [1.82, 2.24) is 0 Å². The second-order valence-corrected chi connectivity index (χ2v) is 4.08. The Bertz CT molecular complexity index is 165. The number of ether oxygens (including phenoxy) is 1. The monoisotopic (exact) mass is 198 g/mol. The number of allylic oxidation sites excluding steroid dienone is 1. The fourth-order valence-corrected chi connectivity index (χ4v) is 1.30. The minimum absolute atomic E-state index is 0.181. The number of rotatable bonds is 7. The van der Waals surface area contributed by atoms with Crippen LogP contribution in [0.3, 0.4) is 0 Å². The Balaban J connectivity index is 3.32. The summed E-state index contributed by atoms with van der Waals surface area (Å²) in [6.45, 7) is 10.1. The summed E-state index contributed by atoms with van der Waals surface area (Å²) in [6.07, 6.45) is 4.46. The molecule has 0 radical (unpaired) electrons. The molecule has 82 valence electrons. The minimum atomic E-state index is -0.181. The van der Waals surface area contributed by atoms with Gasteiger partial charge in [0.1, 0.15) is 0 Å². The van der Waals surface area contributed by atoms with Crippen LogP contribution < -0.4 is 0 Å². The summed E-state index contributed by atoms with van der Waals surface area (Å²) < 4.78 is 4.88. The highest BCUT2D eigenvalue weighted by atomic mass is 16.5. The molecule has 0 heterocycles. The molecule has 0 N–H and O–H groups in total. The zero-order valence-corrected chi connectivity index (χ0v) is 9.64. The molecule has 0 aliphatic rings. The van der Waals surface area contributed by atoms with E-state index in [0.717, 1.165) is 12.8 Å². The summed E-state index contributed by atoms with van der Waals surface area (Å²) in [6, 6.07) is 0. The van der Waals surface area contributed by atoms with Gasteiger partial charge in [0, 0.05) is 6.92 Å². The number of carbonyl (C=O) groups excluding carboxylic acids is 1. The van der Waals surface area contributed by atoms with Crippen molar-refractivity contribution in [3.05, 3.63) is 12.2 Å². The Morgan fingerprint density at radius 3 is 2.50 bits per heavy atom. The van der Waals surface area contributed by atoms with Gasteiger partial charge in [0.15, 0.2) is 0 Å². The molecule has 0 aliphatic heterocycles. The van der Waals surface area contributed by atoms with E-state index in [4.69, 9.17) is 4.74 Å². The first-order valence-electron chi connectivity index (χ1n) is 5.30. The van der Waals surface area contributed by atoms with E-state index in [1.54, 1.807) is 0 Å². The van der Waals surface area contributed by atoms with Gasteiger partial charge in [-0.1, -0.05) is 18.9 Å². The SMILES string of the molecule is C=C(C)CCC[C@@H](C)CCOC(C)=O. The molecular weight excluding hydrogens is 176 g/mol. The lowest BCUT2D eigenvalue weighted by Crippen LogP contribution is -2.05. The predicted molar refractivity (Wildman–Crippen MR) is 59.1 cm³/mol. The van der Waals surface area contributed by atoms with E-state index >= 15 is 0 Å². The Kier molecular flexibility index (Phi) is 7.17. The molecule has 0 unspecified atom stereocenters. The summed E-state index contributed by atoms with van der Waals surface area (Å²) >= 11 is 0. The van der Waals surface area contributed by atoms with Crippen molar-refractivity contribution in [2.75, 3.05) is 6.61 Å². The highest BCUT2D eigenvalue weighted by Gasteiger charge is 2.03. The topological polar surface area (TPSA) is 26.3 Å². The highest BCUT2D eigenvalue weighted by molar-refractivity contribution is 5.65. The van der Waals surface area contributed by atoms with Crippen LogP contribution in [0.1, 0.15) is 46.5 Å². The second-order valence-electron chi connectivity index (χ2n) is 4.08. The van der Waals surface area contributed by atoms with Gasteiger partial charge in [-0.2, -0.15) is 0 Å². The normalized spacial score (nSPS) is 12.2. The lowest BCUT2D eigenvalue weighted by Gasteiger charge is -2.10. The molecule has 0 saturated heterocycles. The van der Waals surface area contributed by atoms with Crippen molar-refractivity contribution >= 4 is 5.97 Å². The van der Waals surface area contributed by atoms with Crippen molar-refractivity contribution in [3.63, 3.8) is 0 Å². The third-order valence-electron chi connectivity index (χ3n) is 2.22. The third-order valence-corrected chi connectivity index (χ3v) is 2.22. The predicted octanol–water partition coefficient (Wildman–Crippen LogP) is 3.32. The summed E-state index contributed by atoms with van der Waals surface area (Å²) in [7, 11) is 0. The van der Waals surface area contributed by atoms with Crippen LogP contribution in [0.2, 0.25) is 0 Å². The average Bonchev–Trinajstić information content (AvgIpc) is 2.02. The van der Waals surface area contributed by atoms with Gasteiger partial charge in [0.05, 0.1) is 6.61 Å². The molecular formula is C12H22O2. The molecule has 0 amide bonds. The van der Waals surface area contributed by atoms with Crippen molar-refractivity contribution in [2.45, 2.75) is 46.5 Å². The van der Waals surface area contributed by atoms with Crippen molar-refractivity contribution in [2.24, 2.45) is 5.92 Å². The molecule has 0 rings (SSSR count). The molecule has 0 aromatic rings. The van der Waals surface area contributed by atoms with Gasteiger partial charge in [-0.05, 0) is 32.1 Å². The van der Waals surface area contributed by atoms with Crippen molar-refractivity contribution < 1.29 is 9.53 Å². The van der Waals surface area contributed by atoms with Gasteiger partial charge >= 0.3 is 5.97 Å². The van der Waals surface area contributed by atoms with Gasteiger partial charge in [-0.15, -0.1) is 6.58 Å². The summed E-state index contributed by atoms with van der Waals surface area (Å²) in [5.74, 6) is 0.452. The number of hydrogen-bond acceptors (Lipinski definition) is 2. The van der Waals surface area contributed by atoms with Gasteiger partial charge in [0.2, 0.25) is 0 Å². The van der Waals surface area contributed by atoms with E-state index in [2.05, 4.69) is 20.4 Å². The van der Waals surface area contributed by atoms with E-state index < -0.39 is 0 Å². The minimum Gasteiger partial charge on any atom is -0.466 e. The van der Waals surface area contributed by atoms with Crippen molar-refractivity contribution in [1.29, 1.82) is 0 Å². The average molecular weight is 198 g/mol. The molecule has 0 bridgehead atoms. The van der Waals surface area contributed by atoms with E-state index in [0.29, 0.717) is 12.5 Å². The van der Waals surface area contributed by atoms with Crippen LogP contribution in [0.4, 0.5) is 0 Å². The Morgan fingerprint density at radius 2 is 2.00 bits per heavy atom. The Labute approximate surface area is 87.3 Å². The lowest BCUT2D eigenvalue weighted by atomic mass is 9.99. The first-order valence-corrected chi connectivity index (χ1v) is 5.30. The first-order chi connectivity index (χ1) is 6.52. The van der Waals surface area contributed by atoms with Crippen LogP contribution in [0, 0.1) is 5.92 Å². The molecule has 0 aromatic carbocycles. The van der Waals surface area contributed by atoms with Crippen LogP contribution in [-0.2, 0) is 9.53 Å². The zero-order chi connectivity index (χ0) is 11.0. The Hall–Kier alpha value is -0.790. The fourth-order valence-electron chi connectivity index (χ4n) is 1.30. The quantitative estimate of drug-likeness (QED) is 0.463. The maximum atomic E-state index is 10.5. The highest BCUT2D eigenvalue weighted by Crippen LogP contribution is 2.14. The van der Waals surface area contributed by atoms with Crippen LogP contribution in [0.5, 0.6) is 0 Å². The third kappa shape index (κ3) is 9.30. The molecule has 0 spiro atoms. The molecule has 0 fully saturated rings.